The van der Waals surface area contributed by atoms with Gasteiger partial charge in [0.15, 0.2) is 0 Å². The van der Waals surface area contributed by atoms with E-state index in [1.807, 2.05) is 5.41 Å². The average molecular weight is 235 g/mol. The molecule has 0 aromatic heterocycles. The van der Waals surface area contributed by atoms with E-state index < -0.39 is 22.2 Å². The number of carboxylic acid groups (broad SMARTS) is 1. The Kier molecular flexibility index (Phi) is 3.99. The summed E-state index contributed by atoms with van der Waals surface area (Å²) in [4.78, 5) is 14.3. The molecule has 0 spiro atoms. The largest absolute Gasteiger partial charge is 0.480 e. The fraction of sp³-hybridized carbons (Fsp3) is 0.429. The van der Waals surface area contributed by atoms with Gasteiger partial charge in [0.1, 0.15) is 6.04 Å². The van der Waals surface area contributed by atoms with Crippen LogP contribution in [0.3, 0.4) is 0 Å². The first-order valence-corrected chi connectivity index (χ1v) is 7.03. The van der Waals surface area contributed by atoms with Crippen molar-refractivity contribution < 1.29 is 9.90 Å². The SMILES string of the molecule is N[C@@H](CSCS1(N)C=CN=C1)C(=O)O. The van der Waals surface area contributed by atoms with Gasteiger partial charge in [-0.25, -0.2) is 0 Å². The van der Waals surface area contributed by atoms with Crippen molar-refractivity contribution in [3.05, 3.63) is 11.6 Å². The third-order valence-electron chi connectivity index (χ3n) is 1.56. The van der Waals surface area contributed by atoms with Crippen LogP contribution >= 0.6 is 22.0 Å². The van der Waals surface area contributed by atoms with E-state index >= 15 is 0 Å². The highest BCUT2D eigenvalue weighted by molar-refractivity contribution is 8.49. The van der Waals surface area contributed by atoms with Crippen LogP contribution in [0.1, 0.15) is 0 Å². The summed E-state index contributed by atoms with van der Waals surface area (Å²) in [6.45, 7) is 0. The number of nitrogens with zero attached hydrogens (tertiary/aromatic N) is 1. The number of thioether (sulfide) groups is 1. The lowest BCUT2D eigenvalue weighted by Crippen LogP contribution is -2.32. The molecule has 0 aromatic carbocycles. The predicted molar refractivity (Wildman–Crippen MR) is 62.3 cm³/mol. The Labute approximate surface area is 88.1 Å². The highest BCUT2D eigenvalue weighted by atomic mass is 32.3. The zero-order valence-corrected chi connectivity index (χ0v) is 9.13. The molecule has 0 aliphatic carbocycles. The average Bonchev–Trinajstić information content (AvgIpc) is 2.52. The molecule has 7 heteroatoms. The summed E-state index contributed by atoms with van der Waals surface area (Å²) in [5.41, 5.74) is 7.07. The highest BCUT2D eigenvalue weighted by Crippen LogP contribution is 2.44. The molecule has 0 amide bonds. The maximum Gasteiger partial charge on any atom is 0.321 e. The van der Waals surface area contributed by atoms with Crippen LogP contribution in [-0.2, 0) is 4.79 Å². The smallest absolute Gasteiger partial charge is 0.321 e. The van der Waals surface area contributed by atoms with E-state index in [-0.39, 0.29) is 0 Å². The first-order chi connectivity index (χ1) is 6.53. The lowest BCUT2D eigenvalue weighted by molar-refractivity contribution is -0.137. The molecular formula is C7H13N3O2S2. The zero-order valence-electron chi connectivity index (χ0n) is 7.50. The van der Waals surface area contributed by atoms with Crippen LogP contribution < -0.4 is 10.9 Å². The van der Waals surface area contributed by atoms with Gasteiger partial charge in [-0.2, -0.15) is 0 Å². The number of aliphatic imine (C=N–C) groups is 1. The van der Waals surface area contributed by atoms with Crippen LogP contribution in [0.2, 0.25) is 0 Å². The summed E-state index contributed by atoms with van der Waals surface area (Å²) in [5, 5.41) is 17.0. The Morgan fingerprint density at radius 1 is 1.71 bits per heavy atom. The Morgan fingerprint density at radius 2 is 2.43 bits per heavy atom. The van der Waals surface area contributed by atoms with E-state index in [2.05, 4.69) is 4.99 Å². The van der Waals surface area contributed by atoms with Gasteiger partial charge in [-0.1, -0.05) is 0 Å². The van der Waals surface area contributed by atoms with E-state index in [1.165, 1.54) is 11.8 Å². The molecule has 80 valence electrons. The van der Waals surface area contributed by atoms with Crippen molar-refractivity contribution in [3.63, 3.8) is 0 Å². The van der Waals surface area contributed by atoms with Crippen LogP contribution in [-0.4, -0.2) is 33.5 Å². The molecule has 2 atom stereocenters. The maximum atomic E-state index is 10.4. The molecule has 14 heavy (non-hydrogen) atoms. The molecule has 5 nitrogen and oxygen atoms in total. The van der Waals surface area contributed by atoms with Crippen LogP contribution in [0.25, 0.3) is 0 Å². The lowest BCUT2D eigenvalue weighted by Gasteiger charge is -2.23. The molecule has 0 radical (unpaired) electrons. The normalized spacial score (nSPS) is 31.3. The standard InChI is InChI=1S/C7H13N3O2S2/c8-6(7(11)12)3-13-5-14(9)2-1-10-4-14/h1-2,4,6H,3,5,8-9H2,(H,11,12)/t6-/m0/s1. The number of carboxylic acids is 1. The van der Waals surface area contributed by atoms with E-state index in [0.717, 1.165) is 0 Å². The zero-order chi connectivity index (χ0) is 10.6. The topological polar surface area (TPSA) is 102 Å². The van der Waals surface area contributed by atoms with Gasteiger partial charge in [-0.15, -0.1) is 22.0 Å². The van der Waals surface area contributed by atoms with Gasteiger partial charge in [0.2, 0.25) is 0 Å². The van der Waals surface area contributed by atoms with Gasteiger partial charge >= 0.3 is 5.97 Å². The molecule has 1 aliphatic heterocycles. The van der Waals surface area contributed by atoms with E-state index in [0.29, 0.717) is 10.8 Å². The van der Waals surface area contributed by atoms with Crippen molar-refractivity contribution in [2.24, 2.45) is 15.9 Å². The molecule has 0 saturated heterocycles. The van der Waals surface area contributed by atoms with Crippen molar-refractivity contribution in [3.8, 4) is 0 Å². The number of hydrogen-bond donors (Lipinski definition) is 3. The molecule has 0 saturated carbocycles. The first kappa shape index (κ1) is 11.6. The van der Waals surface area contributed by atoms with Gasteiger partial charge in [-0.05, 0) is 5.41 Å². The van der Waals surface area contributed by atoms with Crippen LogP contribution in [0.15, 0.2) is 16.6 Å². The Balaban J connectivity index is 2.25. The predicted octanol–water partition coefficient (Wildman–Crippen LogP) is 0.280. The van der Waals surface area contributed by atoms with Gasteiger partial charge in [-0.3, -0.25) is 14.9 Å². The van der Waals surface area contributed by atoms with Crippen LogP contribution in [0.4, 0.5) is 0 Å². The number of carbonyl (C=O) groups is 1. The Bertz CT molecular complexity index is 268. The highest BCUT2D eigenvalue weighted by Gasteiger charge is 2.18. The molecule has 0 aromatic rings. The quantitative estimate of drug-likeness (QED) is 0.635. The second-order valence-corrected chi connectivity index (χ2v) is 6.87. The number of aliphatic carboxylic acids is 1. The van der Waals surface area contributed by atoms with Crippen molar-refractivity contribution >= 4 is 33.5 Å². The summed E-state index contributed by atoms with van der Waals surface area (Å²) in [5.74, 6) is -0.600. The summed E-state index contributed by atoms with van der Waals surface area (Å²) in [6, 6.07) is -0.815. The maximum absolute atomic E-state index is 10.4. The second-order valence-electron chi connectivity index (χ2n) is 2.88. The van der Waals surface area contributed by atoms with Gasteiger partial charge in [0.25, 0.3) is 0 Å². The summed E-state index contributed by atoms with van der Waals surface area (Å²) in [6.07, 6.45) is 1.67. The fourth-order valence-electron chi connectivity index (χ4n) is 0.792. The minimum Gasteiger partial charge on any atom is -0.480 e. The number of rotatable bonds is 5. The molecule has 0 bridgehead atoms. The Hall–Kier alpha value is -0.500. The summed E-state index contributed by atoms with van der Waals surface area (Å²) in [7, 11) is -1.38. The molecule has 1 rings (SSSR count). The minimum atomic E-state index is -1.38. The van der Waals surface area contributed by atoms with Crippen molar-refractivity contribution in [2.75, 3.05) is 10.8 Å². The van der Waals surface area contributed by atoms with Crippen molar-refractivity contribution in [2.45, 2.75) is 6.04 Å². The molecule has 1 unspecified atom stereocenters. The first-order valence-electron chi connectivity index (χ1n) is 3.88. The third-order valence-corrected chi connectivity index (χ3v) is 5.60. The van der Waals surface area contributed by atoms with Crippen molar-refractivity contribution in [1.82, 2.24) is 0 Å². The molecular weight excluding hydrogens is 222 g/mol. The fourth-order valence-corrected chi connectivity index (χ4v) is 3.95. The molecule has 1 aliphatic rings. The lowest BCUT2D eigenvalue weighted by atomic mass is 10.4. The van der Waals surface area contributed by atoms with E-state index in [4.69, 9.17) is 16.0 Å². The van der Waals surface area contributed by atoms with E-state index in [9.17, 15) is 4.79 Å². The van der Waals surface area contributed by atoms with Crippen LogP contribution in [0, 0.1) is 0 Å². The second kappa shape index (κ2) is 4.83. The monoisotopic (exact) mass is 235 g/mol. The van der Waals surface area contributed by atoms with E-state index in [1.54, 1.807) is 11.7 Å². The van der Waals surface area contributed by atoms with Crippen molar-refractivity contribution in [1.29, 1.82) is 0 Å². The summed E-state index contributed by atoms with van der Waals surface area (Å²) >= 11 is 1.45. The third kappa shape index (κ3) is 3.33. The Morgan fingerprint density at radius 3 is 2.93 bits per heavy atom. The summed E-state index contributed by atoms with van der Waals surface area (Å²) < 4.78 is 0. The minimum absolute atomic E-state index is 0.378. The molecule has 0 fully saturated rings. The number of nitrogens with two attached hydrogens (primary N) is 2. The van der Waals surface area contributed by atoms with Gasteiger partial charge in [0, 0.05) is 17.0 Å². The number of hydrogen-bond acceptors (Lipinski definition) is 5. The van der Waals surface area contributed by atoms with Crippen LogP contribution in [0.5, 0.6) is 0 Å². The van der Waals surface area contributed by atoms with Gasteiger partial charge in [0.05, 0.1) is 5.55 Å². The van der Waals surface area contributed by atoms with Gasteiger partial charge < -0.3 is 10.8 Å². The molecule has 1 heterocycles. The molecule has 5 N–H and O–H groups in total.